The summed E-state index contributed by atoms with van der Waals surface area (Å²) in [6.07, 6.45) is 1.37. The van der Waals surface area contributed by atoms with Crippen molar-refractivity contribution in [2.75, 3.05) is 26.4 Å². The average Bonchev–Trinajstić information content (AvgIpc) is 3.42. The van der Waals surface area contributed by atoms with Crippen LogP contribution in [0.5, 0.6) is 11.5 Å². The average molecular weight is 557 g/mol. The molecule has 0 aliphatic carbocycles. The molecule has 2 heterocycles. The van der Waals surface area contributed by atoms with Crippen LogP contribution in [0.25, 0.3) is 0 Å². The lowest BCUT2D eigenvalue weighted by Gasteiger charge is -2.38. The van der Waals surface area contributed by atoms with E-state index in [4.69, 9.17) is 9.47 Å². The van der Waals surface area contributed by atoms with E-state index in [0.717, 1.165) is 8.61 Å². The molecular weight excluding hydrogens is 532 g/mol. The number of hydrazone groups is 1. The van der Waals surface area contributed by atoms with Gasteiger partial charge in [0.05, 0.1) is 16.0 Å². The minimum absolute atomic E-state index is 0.000952. The molecule has 0 saturated carbocycles. The summed E-state index contributed by atoms with van der Waals surface area (Å²) in [5.74, 6) is 0.360. The fourth-order valence-corrected chi connectivity index (χ4v) is 7.22. The first kappa shape index (κ1) is 25.9. The van der Waals surface area contributed by atoms with Crippen molar-refractivity contribution < 1.29 is 31.1 Å². The Balaban J connectivity index is 1.40. The van der Waals surface area contributed by atoms with E-state index >= 15 is 0 Å². The number of sulfonamides is 2. The molecular formula is C25H24N4O7S2. The van der Waals surface area contributed by atoms with Gasteiger partial charge in [-0.1, -0.05) is 36.4 Å². The molecule has 2 aliphatic heterocycles. The topological polar surface area (TPSA) is 135 Å². The van der Waals surface area contributed by atoms with Gasteiger partial charge in [0.25, 0.3) is 5.91 Å². The zero-order chi connectivity index (χ0) is 26.8. The first-order chi connectivity index (χ1) is 18.3. The quantitative estimate of drug-likeness (QED) is 0.345. The third-order valence-corrected chi connectivity index (χ3v) is 9.91. The largest absolute Gasteiger partial charge is 0.454 e. The Morgan fingerprint density at radius 2 is 1.47 bits per heavy atom. The van der Waals surface area contributed by atoms with Crippen LogP contribution >= 0.6 is 0 Å². The van der Waals surface area contributed by atoms with Gasteiger partial charge in [0.1, 0.15) is 6.04 Å². The van der Waals surface area contributed by atoms with Gasteiger partial charge in [-0.2, -0.15) is 13.7 Å². The van der Waals surface area contributed by atoms with E-state index in [1.165, 1.54) is 30.5 Å². The van der Waals surface area contributed by atoms with Gasteiger partial charge < -0.3 is 9.47 Å². The molecule has 3 aromatic carbocycles. The lowest BCUT2D eigenvalue weighted by Crippen LogP contribution is -2.60. The Bertz CT molecular complexity index is 1560. The Morgan fingerprint density at radius 3 is 2.16 bits per heavy atom. The number of nitrogens with one attached hydrogen (secondary N) is 1. The van der Waals surface area contributed by atoms with Crippen molar-refractivity contribution in [3.8, 4) is 11.5 Å². The van der Waals surface area contributed by atoms with E-state index in [1.807, 2.05) is 0 Å². The van der Waals surface area contributed by atoms with Gasteiger partial charge in [-0.15, -0.1) is 0 Å². The Labute approximate surface area is 220 Å². The molecule has 3 aromatic rings. The monoisotopic (exact) mass is 556 g/mol. The van der Waals surface area contributed by atoms with Crippen LogP contribution in [0.15, 0.2) is 93.8 Å². The Hall–Kier alpha value is -3.78. The lowest BCUT2D eigenvalue weighted by atomic mass is 10.2. The van der Waals surface area contributed by atoms with Gasteiger partial charge in [-0.3, -0.25) is 4.79 Å². The summed E-state index contributed by atoms with van der Waals surface area (Å²) in [6, 6.07) is 19.2. The SMILES string of the molecule is O=C(N/N=C/c1ccc2c(c1)OCO2)C1CN(S(=O)(=O)c2ccccc2)CCN1S(=O)(=O)c1ccccc1. The van der Waals surface area contributed by atoms with Crippen LogP contribution in [0.2, 0.25) is 0 Å². The number of piperazine rings is 1. The third-order valence-electron chi connectivity index (χ3n) is 6.11. The second-order valence-electron chi connectivity index (χ2n) is 8.47. The molecule has 0 radical (unpaired) electrons. The molecule has 38 heavy (non-hydrogen) atoms. The molecule has 1 saturated heterocycles. The highest BCUT2D eigenvalue weighted by molar-refractivity contribution is 7.89. The predicted molar refractivity (Wildman–Crippen MR) is 138 cm³/mol. The number of hydrogen-bond acceptors (Lipinski definition) is 8. The van der Waals surface area contributed by atoms with Crippen LogP contribution in [0.3, 0.4) is 0 Å². The van der Waals surface area contributed by atoms with E-state index in [2.05, 4.69) is 10.5 Å². The van der Waals surface area contributed by atoms with E-state index in [1.54, 1.807) is 54.6 Å². The maximum absolute atomic E-state index is 13.4. The zero-order valence-electron chi connectivity index (χ0n) is 20.0. The molecule has 0 bridgehead atoms. The molecule has 1 N–H and O–H groups in total. The molecule has 0 aromatic heterocycles. The molecule has 2 aliphatic rings. The van der Waals surface area contributed by atoms with Crippen LogP contribution in [-0.2, 0) is 24.8 Å². The van der Waals surface area contributed by atoms with Gasteiger partial charge in [0.2, 0.25) is 26.8 Å². The summed E-state index contributed by atoms with van der Waals surface area (Å²) < 4.78 is 66.1. The molecule has 13 heteroatoms. The normalized spacial score (nSPS) is 18.5. The number of carbonyl (C=O) groups is 1. The first-order valence-electron chi connectivity index (χ1n) is 11.6. The summed E-state index contributed by atoms with van der Waals surface area (Å²) in [6.45, 7) is -0.599. The minimum Gasteiger partial charge on any atom is -0.454 e. The Kier molecular flexibility index (Phi) is 7.17. The molecule has 11 nitrogen and oxygen atoms in total. The second-order valence-corrected chi connectivity index (χ2v) is 12.3. The van der Waals surface area contributed by atoms with Crippen LogP contribution in [-0.4, -0.2) is 70.0 Å². The summed E-state index contributed by atoms with van der Waals surface area (Å²) >= 11 is 0. The van der Waals surface area contributed by atoms with E-state index < -0.39 is 32.0 Å². The lowest BCUT2D eigenvalue weighted by molar-refractivity contribution is -0.125. The number of carbonyl (C=O) groups excluding carboxylic acids is 1. The van der Waals surface area contributed by atoms with Crippen molar-refractivity contribution in [3.05, 3.63) is 84.4 Å². The van der Waals surface area contributed by atoms with Crippen molar-refractivity contribution in [2.24, 2.45) is 5.10 Å². The molecule has 0 spiro atoms. The number of hydrogen-bond donors (Lipinski definition) is 1. The van der Waals surface area contributed by atoms with Crippen LogP contribution < -0.4 is 14.9 Å². The van der Waals surface area contributed by atoms with E-state index in [0.29, 0.717) is 17.1 Å². The minimum atomic E-state index is -4.11. The van der Waals surface area contributed by atoms with E-state index in [-0.39, 0.29) is 36.2 Å². The second kappa shape index (κ2) is 10.5. The zero-order valence-corrected chi connectivity index (χ0v) is 21.6. The van der Waals surface area contributed by atoms with Crippen LogP contribution in [0, 0.1) is 0 Å². The molecule has 1 amide bonds. The molecule has 198 valence electrons. The number of nitrogens with zero attached hydrogens (tertiary/aromatic N) is 3. The van der Waals surface area contributed by atoms with Crippen molar-refractivity contribution in [1.82, 2.24) is 14.0 Å². The highest BCUT2D eigenvalue weighted by atomic mass is 32.2. The number of fused-ring (bicyclic) bond motifs is 1. The number of amides is 1. The maximum Gasteiger partial charge on any atom is 0.259 e. The van der Waals surface area contributed by atoms with Gasteiger partial charge >= 0.3 is 0 Å². The predicted octanol–water partition coefficient (Wildman–Crippen LogP) is 1.63. The molecule has 1 unspecified atom stereocenters. The van der Waals surface area contributed by atoms with Crippen molar-refractivity contribution in [1.29, 1.82) is 0 Å². The molecule has 1 fully saturated rings. The Morgan fingerprint density at radius 1 is 0.842 bits per heavy atom. The number of rotatable bonds is 7. The third kappa shape index (κ3) is 5.13. The van der Waals surface area contributed by atoms with Gasteiger partial charge in [-0.05, 0) is 48.0 Å². The van der Waals surface area contributed by atoms with Crippen molar-refractivity contribution in [3.63, 3.8) is 0 Å². The van der Waals surface area contributed by atoms with Crippen molar-refractivity contribution in [2.45, 2.75) is 15.8 Å². The summed E-state index contributed by atoms with van der Waals surface area (Å²) in [7, 11) is -8.07. The molecule has 1 atom stereocenters. The smallest absolute Gasteiger partial charge is 0.259 e. The number of benzene rings is 3. The maximum atomic E-state index is 13.4. The van der Waals surface area contributed by atoms with E-state index in [9.17, 15) is 21.6 Å². The van der Waals surface area contributed by atoms with Crippen LogP contribution in [0.1, 0.15) is 5.56 Å². The highest BCUT2D eigenvalue weighted by Gasteiger charge is 2.43. The molecule has 5 rings (SSSR count). The van der Waals surface area contributed by atoms with Gasteiger partial charge in [0.15, 0.2) is 11.5 Å². The van der Waals surface area contributed by atoms with Gasteiger partial charge in [0, 0.05) is 19.6 Å². The van der Waals surface area contributed by atoms with Gasteiger partial charge in [-0.25, -0.2) is 22.3 Å². The summed E-state index contributed by atoms with van der Waals surface area (Å²) in [5.41, 5.74) is 2.98. The summed E-state index contributed by atoms with van der Waals surface area (Å²) in [5, 5.41) is 3.97. The summed E-state index contributed by atoms with van der Waals surface area (Å²) in [4.78, 5) is 13.3. The highest BCUT2D eigenvalue weighted by Crippen LogP contribution is 2.32. The fourth-order valence-electron chi connectivity index (χ4n) is 4.17. The first-order valence-corrected chi connectivity index (χ1v) is 14.5. The fraction of sp³-hybridized carbons (Fsp3) is 0.200. The van der Waals surface area contributed by atoms with Crippen LogP contribution in [0.4, 0.5) is 0 Å². The number of ether oxygens (including phenoxy) is 2. The standard InChI is InChI=1S/C25H24N4O7S2/c30-25(27-26-16-19-11-12-23-24(15-19)36-18-35-23)22-17-28(37(31,32)20-7-3-1-4-8-20)13-14-29(22)38(33,34)21-9-5-2-6-10-21/h1-12,15-16,22H,13-14,17-18H2,(H,27,30)/b26-16+. The van der Waals surface area contributed by atoms with Crippen molar-refractivity contribution >= 4 is 32.2 Å².